The van der Waals surface area contributed by atoms with Crippen molar-refractivity contribution in [1.82, 2.24) is 0 Å². The average molecular weight is 288 g/mol. The quantitative estimate of drug-likeness (QED) is 0.308. The number of aliphatic hydroxyl groups is 1. The second-order valence-electron chi connectivity index (χ2n) is 0.671. The maximum absolute atomic E-state index is 8.25. The van der Waals surface area contributed by atoms with Gasteiger partial charge in [-0.3, -0.25) is 0 Å². The standard InChI is InChI=1S/CH4O.Ga.3NO3/c1-2;;3*2-1(3)4/h2H,1H3;;;;/q;+3;3*-1. The van der Waals surface area contributed by atoms with E-state index in [0.717, 1.165) is 7.11 Å². The van der Waals surface area contributed by atoms with Crippen LogP contribution in [0.25, 0.3) is 0 Å². The van der Waals surface area contributed by atoms with Crippen molar-refractivity contribution >= 4 is 19.8 Å². The second-order valence-corrected chi connectivity index (χ2v) is 0.671. The van der Waals surface area contributed by atoms with E-state index in [1.807, 2.05) is 0 Å². The van der Waals surface area contributed by atoms with E-state index in [1.54, 1.807) is 0 Å². The summed E-state index contributed by atoms with van der Waals surface area (Å²) < 4.78 is 0. The Hall–Kier alpha value is -1.80. The van der Waals surface area contributed by atoms with Crippen molar-refractivity contribution in [3.63, 3.8) is 0 Å². The van der Waals surface area contributed by atoms with Crippen molar-refractivity contribution < 1.29 is 20.4 Å². The maximum atomic E-state index is 8.25. The molecule has 0 spiro atoms. The summed E-state index contributed by atoms with van der Waals surface area (Å²) in [6.45, 7) is 0. The Balaban J connectivity index is -0.0000000298. The van der Waals surface area contributed by atoms with Gasteiger partial charge in [0.25, 0.3) is 0 Å². The van der Waals surface area contributed by atoms with Gasteiger partial charge in [0.1, 0.15) is 0 Å². The van der Waals surface area contributed by atoms with Crippen molar-refractivity contribution in [2.75, 3.05) is 7.11 Å². The zero-order valence-corrected chi connectivity index (χ0v) is 9.46. The average Bonchev–Trinajstić information content (AvgIpc) is 1.86. The summed E-state index contributed by atoms with van der Waals surface area (Å²) in [5.74, 6) is 0. The van der Waals surface area contributed by atoms with Crippen molar-refractivity contribution in [3.8, 4) is 0 Å². The Labute approximate surface area is 93.9 Å². The molecular weight excluding hydrogens is 284 g/mol. The van der Waals surface area contributed by atoms with E-state index in [0.29, 0.717) is 0 Å². The first-order valence-corrected chi connectivity index (χ1v) is 2.09. The molecule has 14 heteroatoms. The molecule has 86 valence electrons. The molecular formula is CH4GaN3O10. The van der Waals surface area contributed by atoms with Gasteiger partial charge in [-0.2, -0.15) is 0 Å². The van der Waals surface area contributed by atoms with Gasteiger partial charge in [-0.15, -0.1) is 0 Å². The molecule has 0 aromatic rings. The third kappa shape index (κ3) is 390. The Bertz CT molecular complexity index is 118. The third-order valence-electron chi connectivity index (χ3n) is 0. The molecule has 0 bridgehead atoms. The fourth-order valence-electron chi connectivity index (χ4n) is 0. The molecule has 0 aromatic heterocycles. The summed E-state index contributed by atoms with van der Waals surface area (Å²) in [6, 6.07) is 0. The Kier molecular flexibility index (Phi) is 57.5. The fourth-order valence-corrected chi connectivity index (χ4v) is 0. The summed E-state index contributed by atoms with van der Waals surface area (Å²) in [5, 5.41) is 51.2. The van der Waals surface area contributed by atoms with E-state index in [2.05, 4.69) is 0 Å². The van der Waals surface area contributed by atoms with E-state index in [1.165, 1.54) is 0 Å². The van der Waals surface area contributed by atoms with Crippen molar-refractivity contribution in [2.24, 2.45) is 0 Å². The predicted molar refractivity (Wildman–Crippen MR) is 45.0 cm³/mol. The molecule has 0 unspecified atom stereocenters. The first-order valence-electron chi connectivity index (χ1n) is 2.09. The minimum atomic E-state index is -1.75. The molecule has 0 fully saturated rings. The second kappa shape index (κ2) is 29.5. The van der Waals surface area contributed by atoms with Crippen molar-refractivity contribution in [3.05, 3.63) is 46.0 Å². The summed E-state index contributed by atoms with van der Waals surface area (Å²) >= 11 is 0. The molecule has 0 aliphatic heterocycles. The molecule has 0 heterocycles. The Morgan fingerprint density at radius 1 is 0.667 bits per heavy atom. The topological polar surface area (TPSA) is 219 Å². The summed E-state index contributed by atoms with van der Waals surface area (Å²) in [6.07, 6.45) is 0. The van der Waals surface area contributed by atoms with Gasteiger partial charge in [-0.25, -0.2) is 0 Å². The van der Waals surface area contributed by atoms with Crippen molar-refractivity contribution in [2.45, 2.75) is 0 Å². The van der Waals surface area contributed by atoms with Gasteiger partial charge < -0.3 is 51.1 Å². The predicted octanol–water partition coefficient (Wildman–Crippen LogP) is -1.49. The minimum Gasteiger partial charge on any atom is -0.400 e. The van der Waals surface area contributed by atoms with E-state index < -0.39 is 15.3 Å². The van der Waals surface area contributed by atoms with Crippen LogP contribution in [0.2, 0.25) is 0 Å². The summed E-state index contributed by atoms with van der Waals surface area (Å²) in [5.41, 5.74) is 0. The number of rotatable bonds is 0. The van der Waals surface area contributed by atoms with Gasteiger partial charge in [0.2, 0.25) is 0 Å². The third-order valence-corrected chi connectivity index (χ3v) is 0. The fraction of sp³-hybridized carbons (Fsp3) is 1.00. The number of aliphatic hydroxyl groups excluding tert-OH is 1. The van der Waals surface area contributed by atoms with E-state index in [4.69, 9.17) is 51.1 Å². The monoisotopic (exact) mass is 287 g/mol. The van der Waals surface area contributed by atoms with Crippen LogP contribution in [0.5, 0.6) is 0 Å². The van der Waals surface area contributed by atoms with Crippen LogP contribution in [0.3, 0.4) is 0 Å². The molecule has 15 heavy (non-hydrogen) atoms. The molecule has 0 amide bonds. The molecule has 0 rings (SSSR count). The Morgan fingerprint density at radius 3 is 0.667 bits per heavy atom. The first kappa shape index (κ1) is 29.2. The summed E-state index contributed by atoms with van der Waals surface area (Å²) in [7, 11) is 1.00. The van der Waals surface area contributed by atoms with Crippen LogP contribution in [0.1, 0.15) is 0 Å². The van der Waals surface area contributed by atoms with Crippen LogP contribution in [-0.4, -0.2) is 47.3 Å². The molecule has 13 nitrogen and oxygen atoms in total. The van der Waals surface area contributed by atoms with Gasteiger partial charge in [0.15, 0.2) is 0 Å². The van der Waals surface area contributed by atoms with Crippen molar-refractivity contribution in [1.29, 1.82) is 0 Å². The van der Waals surface area contributed by atoms with Crippen LogP contribution >= 0.6 is 0 Å². The van der Waals surface area contributed by atoms with Gasteiger partial charge >= 0.3 is 19.8 Å². The molecule has 0 aliphatic carbocycles. The maximum Gasteiger partial charge on any atom is 3.00 e. The molecule has 0 atom stereocenters. The SMILES string of the molecule is CO.O=[N+]([O-])[O-].O=[N+]([O-])[O-].O=[N+]([O-])[O-].[Ga+3]. The first-order chi connectivity index (χ1) is 6.20. The van der Waals surface area contributed by atoms with Gasteiger partial charge in [-0.05, 0) is 0 Å². The number of hydrogen-bond donors (Lipinski definition) is 1. The normalized spacial score (nSPS) is 5.20. The van der Waals surface area contributed by atoms with Crippen LogP contribution in [0.15, 0.2) is 0 Å². The molecule has 1 N–H and O–H groups in total. The van der Waals surface area contributed by atoms with Gasteiger partial charge in [0, 0.05) is 7.11 Å². The molecule has 0 saturated heterocycles. The molecule has 0 aromatic carbocycles. The zero-order valence-electron chi connectivity index (χ0n) is 7.04. The molecule has 0 radical (unpaired) electrons. The molecule has 0 aliphatic rings. The minimum absolute atomic E-state index is 0. The largest absolute Gasteiger partial charge is 3.00 e. The summed E-state index contributed by atoms with van der Waals surface area (Å²) in [4.78, 5) is 24.8. The van der Waals surface area contributed by atoms with Crippen LogP contribution < -0.4 is 0 Å². The van der Waals surface area contributed by atoms with E-state index in [-0.39, 0.29) is 19.8 Å². The van der Waals surface area contributed by atoms with Crippen LogP contribution in [0, 0.1) is 46.0 Å². The van der Waals surface area contributed by atoms with Gasteiger partial charge in [-0.1, -0.05) is 0 Å². The van der Waals surface area contributed by atoms with Crippen LogP contribution in [0.4, 0.5) is 0 Å². The zero-order chi connectivity index (χ0) is 12.7. The molecule has 0 saturated carbocycles. The number of hydrogen-bond acceptors (Lipinski definition) is 10. The Morgan fingerprint density at radius 2 is 0.667 bits per heavy atom. The van der Waals surface area contributed by atoms with Gasteiger partial charge in [0.05, 0.1) is 15.3 Å². The smallest absolute Gasteiger partial charge is 0.400 e. The van der Waals surface area contributed by atoms with E-state index in [9.17, 15) is 0 Å². The van der Waals surface area contributed by atoms with E-state index >= 15 is 0 Å². The van der Waals surface area contributed by atoms with Crippen LogP contribution in [-0.2, 0) is 0 Å². The number of nitrogens with zero attached hydrogens (tertiary/aromatic N) is 3.